The van der Waals surface area contributed by atoms with Gasteiger partial charge in [-0.2, -0.15) is 5.26 Å². The summed E-state index contributed by atoms with van der Waals surface area (Å²) >= 11 is 0. The monoisotopic (exact) mass is 232 g/mol. The van der Waals surface area contributed by atoms with Gasteiger partial charge in [0.05, 0.1) is 5.56 Å². The Morgan fingerprint density at radius 2 is 2.18 bits per heavy atom. The second kappa shape index (κ2) is 6.12. The third-order valence-electron chi connectivity index (χ3n) is 2.60. The highest BCUT2D eigenvalue weighted by molar-refractivity contribution is 5.62. The van der Waals surface area contributed by atoms with Crippen LogP contribution in [0.15, 0.2) is 18.2 Å². The van der Waals surface area contributed by atoms with Crippen LogP contribution in [-0.4, -0.2) is 31.6 Å². The minimum atomic E-state index is 0.368. The Balaban J connectivity index is 2.60. The number of anilines is 2. The molecule has 17 heavy (non-hydrogen) atoms. The Bertz CT molecular complexity index is 406. The highest BCUT2D eigenvalue weighted by Crippen LogP contribution is 2.18. The molecule has 0 aliphatic carbocycles. The molecule has 4 heteroatoms. The summed E-state index contributed by atoms with van der Waals surface area (Å²) in [5.41, 5.74) is 7.67. The molecule has 3 N–H and O–H groups in total. The molecule has 0 aromatic heterocycles. The van der Waals surface area contributed by atoms with Gasteiger partial charge in [0.1, 0.15) is 6.07 Å². The molecular formula is C13H20N4. The molecule has 1 rings (SSSR count). The van der Waals surface area contributed by atoms with Crippen molar-refractivity contribution in [1.29, 1.82) is 5.26 Å². The van der Waals surface area contributed by atoms with E-state index in [4.69, 9.17) is 11.0 Å². The number of benzene rings is 1. The summed E-state index contributed by atoms with van der Waals surface area (Å²) in [7, 11) is 4.12. The largest absolute Gasteiger partial charge is 0.398 e. The molecule has 1 aromatic rings. The average Bonchev–Trinajstić information content (AvgIpc) is 2.29. The number of nitrogens with two attached hydrogens (primary N) is 1. The quantitative estimate of drug-likeness (QED) is 0.761. The highest BCUT2D eigenvalue weighted by atomic mass is 15.1. The number of nitrogen functional groups attached to an aromatic ring is 1. The first-order valence-electron chi connectivity index (χ1n) is 5.74. The molecule has 0 aliphatic heterocycles. The van der Waals surface area contributed by atoms with Gasteiger partial charge in [-0.05, 0) is 52.2 Å². The third kappa shape index (κ3) is 4.33. The molecule has 0 amide bonds. The maximum Gasteiger partial charge on any atom is 0.101 e. The maximum absolute atomic E-state index is 8.89. The fourth-order valence-electron chi connectivity index (χ4n) is 1.55. The fourth-order valence-corrected chi connectivity index (χ4v) is 1.55. The molecule has 0 heterocycles. The topological polar surface area (TPSA) is 65.1 Å². The second-order valence-electron chi connectivity index (χ2n) is 4.55. The van der Waals surface area contributed by atoms with Crippen LogP contribution in [-0.2, 0) is 0 Å². The first-order chi connectivity index (χ1) is 8.02. The Hall–Kier alpha value is -1.73. The Morgan fingerprint density at radius 3 is 2.76 bits per heavy atom. The normalized spacial score (nSPS) is 12.2. The number of nitrogens with one attached hydrogen (secondary N) is 1. The number of rotatable bonds is 5. The molecule has 0 fully saturated rings. The van der Waals surface area contributed by atoms with Crippen LogP contribution in [0.3, 0.4) is 0 Å². The van der Waals surface area contributed by atoms with E-state index in [-0.39, 0.29) is 0 Å². The fraction of sp³-hybridized carbons (Fsp3) is 0.462. The first-order valence-corrected chi connectivity index (χ1v) is 5.74. The van der Waals surface area contributed by atoms with Gasteiger partial charge in [-0.3, -0.25) is 0 Å². The molecule has 1 atom stereocenters. The van der Waals surface area contributed by atoms with Gasteiger partial charge < -0.3 is 16.0 Å². The standard InChI is InChI=1S/C13H20N4/c1-10(6-7-17(2)3)16-12-4-5-13(15)11(8-12)9-14/h4-5,8,10,16H,6-7,15H2,1-3H3. The molecule has 0 spiro atoms. The van der Waals surface area contributed by atoms with Crippen molar-refractivity contribution in [3.05, 3.63) is 23.8 Å². The van der Waals surface area contributed by atoms with E-state index in [9.17, 15) is 0 Å². The summed E-state index contributed by atoms with van der Waals surface area (Å²) < 4.78 is 0. The van der Waals surface area contributed by atoms with Gasteiger partial charge in [-0.15, -0.1) is 0 Å². The van der Waals surface area contributed by atoms with Crippen molar-refractivity contribution in [3.63, 3.8) is 0 Å². The lowest BCUT2D eigenvalue weighted by atomic mass is 10.1. The van der Waals surface area contributed by atoms with Crippen LogP contribution < -0.4 is 11.1 Å². The van der Waals surface area contributed by atoms with E-state index in [1.807, 2.05) is 6.07 Å². The van der Waals surface area contributed by atoms with E-state index in [2.05, 4.69) is 37.3 Å². The molecule has 92 valence electrons. The molecule has 0 bridgehead atoms. The van der Waals surface area contributed by atoms with Crippen molar-refractivity contribution < 1.29 is 0 Å². The molecule has 4 nitrogen and oxygen atoms in total. The van der Waals surface area contributed by atoms with Crippen molar-refractivity contribution >= 4 is 11.4 Å². The number of hydrogen-bond donors (Lipinski definition) is 2. The molecular weight excluding hydrogens is 212 g/mol. The zero-order chi connectivity index (χ0) is 12.8. The van der Waals surface area contributed by atoms with Crippen LogP contribution in [0, 0.1) is 11.3 Å². The van der Waals surface area contributed by atoms with Crippen molar-refractivity contribution in [2.24, 2.45) is 0 Å². The van der Waals surface area contributed by atoms with E-state index in [0.717, 1.165) is 18.7 Å². The van der Waals surface area contributed by atoms with Crippen molar-refractivity contribution in [2.45, 2.75) is 19.4 Å². The summed E-state index contributed by atoms with van der Waals surface area (Å²) in [6, 6.07) is 7.92. The number of hydrogen-bond acceptors (Lipinski definition) is 4. The Kier molecular flexibility index (Phi) is 4.80. The van der Waals surface area contributed by atoms with Gasteiger partial charge in [0, 0.05) is 17.4 Å². The van der Waals surface area contributed by atoms with E-state index < -0.39 is 0 Å². The summed E-state index contributed by atoms with van der Waals surface area (Å²) in [6.07, 6.45) is 1.05. The summed E-state index contributed by atoms with van der Waals surface area (Å²) in [5, 5.41) is 12.3. The minimum absolute atomic E-state index is 0.368. The molecule has 0 radical (unpaired) electrons. The summed E-state index contributed by atoms with van der Waals surface area (Å²) in [5.74, 6) is 0. The maximum atomic E-state index is 8.89. The first kappa shape index (κ1) is 13.3. The summed E-state index contributed by atoms with van der Waals surface area (Å²) in [6.45, 7) is 3.17. The van der Waals surface area contributed by atoms with Gasteiger partial charge in [0.15, 0.2) is 0 Å². The molecule has 1 unspecified atom stereocenters. The van der Waals surface area contributed by atoms with Crippen molar-refractivity contribution in [3.8, 4) is 6.07 Å². The smallest absolute Gasteiger partial charge is 0.101 e. The zero-order valence-electron chi connectivity index (χ0n) is 10.7. The van der Waals surface area contributed by atoms with Crippen LogP contribution in [0.2, 0.25) is 0 Å². The Labute approximate surface area is 103 Å². The van der Waals surface area contributed by atoms with Crippen molar-refractivity contribution in [2.75, 3.05) is 31.7 Å². The van der Waals surface area contributed by atoms with Gasteiger partial charge in [-0.25, -0.2) is 0 Å². The van der Waals surface area contributed by atoms with Crippen LogP contribution in [0.5, 0.6) is 0 Å². The number of nitriles is 1. The SMILES string of the molecule is CC(CCN(C)C)Nc1ccc(N)c(C#N)c1. The minimum Gasteiger partial charge on any atom is -0.398 e. The van der Waals surface area contributed by atoms with Crippen LogP contribution in [0.25, 0.3) is 0 Å². The lowest BCUT2D eigenvalue weighted by molar-refractivity contribution is 0.390. The third-order valence-corrected chi connectivity index (χ3v) is 2.60. The Morgan fingerprint density at radius 1 is 1.47 bits per heavy atom. The highest BCUT2D eigenvalue weighted by Gasteiger charge is 2.05. The zero-order valence-corrected chi connectivity index (χ0v) is 10.7. The molecule has 0 saturated heterocycles. The van der Waals surface area contributed by atoms with Gasteiger partial charge in [0.25, 0.3) is 0 Å². The second-order valence-corrected chi connectivity index (χ2v) is 4.55. The number of nitrogens with zero attached hydrogens (tertiary/aromatic N) is 2. The predicted octanol–water partition coefficient (Wildman–Crippen LogP) is 1.89. The average molecular weight is 232 g/mol. The molecule has 0 aliphatic rings. The van der Waals surface area contributed by atoms with Crippen LogP contribution in [0.1, 0.15) is 18.9 Å². The summed E-state index contributed by atoms with van der Waals surface area (Å²) in [4.78, 5) is 2.15. The van der Waals surface area contributed by atoms with Crippen LogP contribution >= 0.6 is 0 Å². The lowest BCUT2D eigenvalue weighted by Crippen LogP contribution is -2.23. The molecule has 1 aromatic carbocycles. The van der Waals surface area contributed by atoms with Gasteiger partial charge in [-0.1, -0.05) is 0 Å². The lowest BCUT2D eigenvalue weighted by Gasteiger charge is -2.18. The van der Waals surface area contributed by atoms with Gasteiger partial charge in [0.2, 0.25) is 0 Å². The van der Waals surface area contributed by atoms with E-state index in [1.165, 1.54) is 0 Å². The molecule has 0 saturated carbocycles. The van der Waals surface area contributed by atoms with Gasteiger partial charge >= 0.3 is 0 Å². The van der Waals surface area contributed by atoms with Crippen molar-refractivity contribution in [1.82, 2.24) is 4.90 Å². The predicted molar refractivity (Wildman–Crippen MR) is 71.8 cm³/mol. The van der Waals surface area contributed by atoms with E-state index in [1.54, 1.807) is 12.1 Å². The van der Waals surface area contributed by atoms with E-state index >= 15 is 0 Å². The van der Waals surface area contributed by atoms with E-state index in [0.29, 0.717) is 17.3 Å². The van der Waals surface area contributed by atoms with Crippen LogP contribution in [0.4, 0.5) is 11.4 Å².